The minimum Gasteiger partial charge on any atom is -0.322 e. The van der Waals surface area contributed by atoms with E-state index in [1.807, 2.05) is 6.07 Å². The van der Waals surface area contributed by atoms with Crippen LogP contribution >= 0.6 is 0 Å². The molecular weight excluding hydrogens is 418 g/mol. The van der Waals surface area contributed by atoms with Crippen molar-refractivity contribution < 1.29 is 18.1 Å². The number of anilines is 1. The van der Waals surface area contributed by atoms with Gasteiger partial charge in [-0.15, -0.1) is 0 Å². The lowest BCUT2D eigenvalue weighted by molar-refractivity contribution is -0.384. The fourth-order valence-electron chi connectivity index (χ4n) is 2.99. The van der Waals surface area contributed by atoms with Gasteiger partial charge >= 0.3 is 0 Å². The number of non-ortho nitro benzene ring substituents is 1. The van der Waals surface area contributed by atoms with E-state index >= 15 is 0 Å². The molecule has 3 rings (SSSR count). The number of carbonyl (C=O) groups is 1. The molecule has 1 unspecified atom stereocenters. The van der Waals surface area contributed by atoms with E-state index in [1.54, 1.807) is 55.5 Å². The van der Waals surface area contributed by atoms with Crippen molar-refractivity contribution in [2.75, 3.05) is 5.32 Å². The Kier molecular flexibility index (Phi) is 6.78. The summed E-state index contributed by atoms with van der Waals surface area (Å²) in [5, 5.41) is 13.5. The van der Waals surface area contributed by atoms with Gasteiger partial charge in [-0.25, -0.2) is 13.1 Å². The molecule has 160 valence electrons. The van der Waals surface area contributed by atoms with E-state index in [0.717, 1.165) is 0 Å². The number of nitro benzene ring substituents is 1. The molecule has 3 aromatic rings. The highest BCUT2D eigenvalue weighted by molar-refractivity contribution is 7.88. The highest BCUT2D eigenvalue weighted by Crippen LogP contribution is 2.20. The summed E-state index contributed by atoms with van der Waals surface area (Å²) in [6.45, 7) is 1.70. The Bertz CT molecular complexity index is 1180. The Morgan fingerprint density at radius 1 is 1.00 bits per heavy atom. The first-order chi connectivity index (χ1) is 14.7. The van der Waals surface area contributed by atoms with E-state index in [9.17, 15) is 23.3 Å². The quantitative estimate of drug-likeness (QED) is 0.406. The van der Waals surface area contributed by atoms with Crippen molar-refractivity contribution in [2.24, 2.45) is 0 Å². The molecule has 0 saturated carbocycles. The average molecular weight is 439 g/mol. The van der Waals surface area contributed by atoms with Crippen LogP contribution in [0.3, 0.4) is 0 Å². The number of rotatable bonds is 8. The number of nitrogens with one attached hydrogen (secondary N) is 2. The van der Waals surface area contributed by atoms with Gasteiger partial charge in [0.25, 0.3) is 11.6 Å². The highest BCUT2D eigenvalue weighted by Gasteiger charge is 2.18. The third-order valence-electron chi connectivity index (χ3n) is 4.54. The number of sulfonamides is 1. The van der Waals surface area contributed by atoms with E-state index in [1.165, 1.54) is 24.3 Å². The zero-order valence-electron chi connectivity index (χ0n) is 16.7. The first-order valence-electron chi connectivity index (χ1n) is 9.43. The Morgan fingerprint density at radius 3 is 2.32 bits per heavy atom. The molecule has 0 fully saturated rings. The second kappa shape index (κ2) is 9.50. The van der Waals surface area contributed by atoms with Gasteiger partial charge < -0.3 is 5.32 Å². The van der Waals surface area contributed by atoms with Gasteiger partial charge in [0.2, 0.25) is 10.0 Å². The van der Waals surface area contributed by atoms with E-state index in [-0.39, 0.29) is 17.3 Å². The molecule has 2 N–H and O–H groups in total. The molecule has 0 aliphatic rings. The molecule has 0 heterocycles. The molecule has 0 aliphatic carbocycles. The fraction of sp³-hybridized carbons (Fsp3) is 0.136. The van der Waals surface area contributed by atoms with E-state index < -0.39 is 21.0 Å². The molecule has 9 heteroatoms. The number of nitro groups is 1. The van der Waals surface area contributed by atoms with Gasteiger partial charge in [-0.3, -0.25) is 14.9 Å². The molecule has 0 radical (unpaired) electrons. The van der Waals surface area contributed by atoms with Crippen molar-refractivity contribution in [1.82, 2.24) is 4.72 Å². The summed E-state index contributed by atoms with van der Waals surface area (Å²) in [7, 11) is -3.70. The van der Waals surface area contributed by atoms with Crippen LogP contribution in [0, 0.1) is 10.1 Å². The zero-order chi connectivity index (χ0) is 22.4. The molecule has 0 aliphatic heterocycles. The van der Waals surface area contributed by atoms with Gasteiger partial charge in [0.05, 0.1) is 10.7 Å². The minimum absolute atomic E-state index is 0.100. The average Bonchev–Trinajstić information content (AvgIpc) is 2.74. The topological polar surface area (TPSA) is 118 Å². The molecule has 1 amide bonds. The van der Waals surface area contributed by atoms with Crippen molar-refractivity contribution in [3.63, 3.8) is 0 Å². The summed E-state index contributed by atoms with van der Waals surface area (Å²) in [4.78, 5) is 22.5. The van der Waals surface area contributed by atoms with Gasteiger partial charge in [-0.1, -0.05) is 42.5 Å². The van der Waals surface area contributed by atoms with E-state index in [0.29, 0.717) is 22.4 Å². The summed E-state index contributed by atoms with van der Waals surface area (Å²) < 4.78 is 27.7. The predicted octanol–water partition coefficient (Wildman–Crippen LogP) is 4.03. The summed E-state index contributed by atoms with van der Waals surface area (Å²) >= 11 is 0. The molecular formula is C22H21N3O5S. The number of carbonyl (C=O) groups excluding carboxylic acids is 1. The second-order valence-corrected chi connectivity index (χ2v) is 8.72. The summed E-state index contributed by atoms with van der Waals surface area (Å²) in [6.07, 6.45) is 0. The maximum absolute atomic E-state index is 12.5. The molecule has 8 nitrogen and oxygen atoms in total. The molecule has 0 aromatic heterocycles. The number of nitrogens with zero attached hydrogens (tertiary/aromatic N) is 1. The zero-order valence-corrected chi connectivity index (χ0v) is 17.5. The lowest BCUT2D eigenvalue weighted by Gasteiger charge is -2.16. The largest absolute Gasteiger partial charge is 0.322 e. The fourth-order valence-corrected chi connectivity index (χ4v) is 4.38. The van der Waals surface area contributed by atoms with Crippen LogP contribution in [0.1, 0.15) is 34.5 Å². The maximum Gasteiger partial charge on any atom is 0.269 e. The smallest absolute Gasteiger partial charge is 0.269 e. The number of hydrogen-bond donors (Lipinski definition) is 2. The predicted molar refractivity (Wildman–Crippen MR) is 118 cm³/mol. The van der Waals surface area contributed by atoms with Gasteiger partial charge in [0, 0.05) is 29.4 Å². The normalized spacial score (nSPS) is 12.2. The van der Waals surface area contributed by atoms with E-state index in [2.05, 4.69) is 10.0 Å². The molecule has 0 bridgehead atoms. The van der Waals surface area contributed by atoms with Crippen LogP contribution in [0.25, 0.3) is 0 Å². The summed E-state index contributed by atoms with van der Waals surface area (Å²) in [5.74, 6) is -0.566. The van der Waals surface area contributed by atoms with Crippen LogP contribution in [0.5, 0.6) is 0 Å². The van der Waals surface area contributed by atoms with E-state index in [4.69, 9.17) is 0 Å². The lowest BCUT2D eigenvalue weighted by atomic mass is 10.1. The minimum atomic E-state index is -3.70. The van der Waals surface area contributed by atoms with Gasteiger partial charge in [-0.2, -0.15) is 0 Å². The monoisotopic (exact) mass is 439 g/mol. The number of hydrogen-bond acceptors (Lipinski definition) is 5. The maximum atomic E-state index is 12.5. The van der Waals surface area contributed by atoms with Crippen molar-refractivity contribution in [3.05, 3.63) is 106 Å². The lowest BCUT2D eigenvalue weighted by Crippen LogP contribution is -2.28. The van der Waals surface area contributed by atoms with Crippen LogP contribution in [0.4, 0.5) is 11.4 Å². The van der Waals surface area contributed by atoms with Gasteiger partial charge in [0.15, 0.2) is 0 Å². The molecule has 31 heavy (non-hydrogen) atoms. The van der Waals surface area contributed by atoms with Crippen molar-refractivity contribution in [3.8, 4) is 0 Å². The Balaban J connectivity index is 1.66. The number of amides is 1. The molecule has 1 atom stereocenters. The van der Waals surface area contributed by atoms with Gasteiger partial charge in [0.1, 0.15) is 0 Å². The Morgan fingerprint density at radius 2 is 1.68 bits per heavy atom. The van der Waals surface area contributed by atoms with Crippen molar-refractivity contribution in [2.45, 2.75) is 18.7 Å². The first-order valence-corrected chi connectivity index (χ1v) is 11.1. The van der Waals surface area contributed by atoms with Crippen LogP contribution in [-0.2, 0) is 15.8 Å². The van der Waals surface area contributed by atoms with Crippen LogP contribution < -0.4 is 10.0 Å². The molecule has 3 aromatic carbocycles. The third kappa shape index (κ3) is 6.21. The van der Waals surface area contributed by atoms with Crippen LogP contribution in [0.15, 0.2) is 78.9 Å². The summed E-state index contributed by atoms with van der Waals surface area (Å²) in [5.41, 5.74) is 2.08. The standard InChI is InChI=1S/C22H21N3O5S/c1-16(24-31(29,30)15-17-10-12-21(13-11-17)25(27)28)19-8-5-9-20(14-19)23-22(26)18-6-3-2-4-7-18/h2-14,16,24H,15H2,1H3,(H,23,26). The van der Waals surface area contributed by atoms with Crippen LogP contribution in [0.2, 0.25) is 0 Å². The third-order valence-corrected chi connectivity index (χ3v) is 5.97. The number of benzene rings is 3. The second-order valence-electron chi connectivity index (χ2n) is 6.97. The molecule has 0 spiro atoms. The van der Waals surface area contributed by atoms with Crippen molar-refractivity contribution in [1.29, 1.82) is 0 Å². The highest BCUT2D eigenvalue weighted by atomic mass is 32.2. The molecule has 0 saturated heterocycles. The Hall–Kier alpha value is -3.56. The van der Waals surface area contributed by atoms with Crippen LogP contribution in [-0.4, -0.2) is 19.2 Å². The SMILES string of the molecule is CC(NS(=O)(=O)Cc1ccc([N+](=O)[O-])cc1)c1cccc(NC(=O)c2ccccc2)c1. The first kappa shape index (κ1) is 22.1. The van der Waals surface area contributed by atoms with Crippen molar-refractivity contribution >= 4 is 27.3 Å². The Labute approximate surface area is 180 Å². The van der Waals surface area contributed by atoms with Gasteiger partial charge in [-0.05, 0) is 42.3 Å². The summed E-state index contributed by atoms with van der Waals surface area (Å²) in [6, 6.07) is 20.5.